The fourth-order valence-corrected chi connectivity index (χ4v) is 2.28. The van der Waals surface area contributed by atoms with Crippen LogP contribution in [0.5, 0.6) is 0 Å². The van der Waals surface area contributed by atoms with E-state index in [4.69, 9.17) is 11.6 Å². The molecule has 98 valence electrons. The second-order valence-corrected chi connectivity index (χ2v) is 5.04. The molecule has 1 atom stereocenters. The molecule has 2 heteroatoms. The third-order valence-electron chi connectivity index (χ3n) is 3.20. The van der Waals surface area contributed by atoms with Gasteiger partial charge in [-0.05, 0) is 12.1 Å². The molecular formula is C17H19ClN+. The fraction of sp³-hybridized carbons (Fsp3) is 0.176. The summed E-state index contributed by atoms with van der Waals surface area (Å²) in [6, 6.07) is 19.0. The highest BCUT2D eigenvalue weighted by molar-refractivity contribution is 6.30. The van der Waals surface area contributed by atoms with Gasteiger partial charge in [-0.1, -0.05) is 60.1 Å². The minimum absolute atomic E-state index is 0.398. The van der Waals surface area contributed by atoms with Gasteiger partial charge in [0.1, 0.15) is 12.6 Å². The van der Waals surface area contributed by atoms with E-state index in [9.17, 15) is 0 Å². The third-order valence-corrected chi connectivity index (χ3v) is 3.45. The minimum atomic E-state index is 0.398. The van der Waals surface area contributed by atoms with E-state index in [0.29, 0.717) is 6.04 Å². The largest absolute Gasteiger partial charge is 0.336 e. The van der Waals surface area contributed by atoms with Crippen LogP contribution in [0.1, 0.15) is 23.6 Å². The monoisotopic (exact) mass is 272 g/mol. The zero-order valence-electron chi connectivity index (χ0n) is 10.9. The van der Waals surface area contributed by atoms with Crippen LogP contribution in [-0.2, 0) is 6.54 Å². The van der Waals surface area contributed by atoms with E-state index in [1.807, 2.05) is 24.3 Å². The van der Waals surface area contributed by atoms with E-state index in [0.717, 1.165) is 18.0 Å². The van der Waals surface area contributed by atoms with Gasteiger partial charge in [0.05, 0.1) is 0 Å². The van der Waals surface area contributed by atoms with Gasteiger partial charge in [0.25, 0.3) is 0 Å². The van der Waals surface area contributed by atoms with Crippen LogP contribution in [0.25, 0.3) is 0 Å². The van der Waals surface area contributed by atoms with Crippen LogP contribution in [-0.4, -0.2) is 0 Å². The first-order valence-electron chi connectivity index (χ1n) is 6.53. The van der Waals surface area contributed by atoms with E-state index in [2.05, 4.69) is 48.3 Å². The van der Waals surface area contributed by atoms with Crippen molar-refractivity contribution in [2.24, 2.45) is 0 Å². The molecule has 0 aliphatic heterocycles. The molecule has 2 N–H and O–H groups in total. The maximum atomic E-state index is 5.94. The Kier molecular flexibility index (Phi) is 5.20. The van der Waals surface area contributed by atoms with Crippen molar-refractivity contribution in [1.82, 2.24) is 0 Å². The Morgan fingerprint density at radius 3 is 2.37 bits per heavy atom. The molecule has 0 aliphatic rings. The third kappa shape index (κ3) is 4.23. The summed E-state index contributed by atoms with van der Waals surface area (Å²) in [6.45, 7) is 4.83. The molecule has 0 saturated heterocycles. The Morgan fingerprint density at radius 2 is 1.74 bits per heavy atom. The lowest BCUT2D eigenvalue weighted by atomic mass is 10.0. The van der Waals surface area contributed by atoms with Crippen molar-refractivity contribution in [3.63, 3.8) is 0 Å². The van der Waals surface area contributed by atoms with Gasteiger partial charge in [0, 0.05) is 22.6 Å². The van der Waals surface area contributed by atoms with Crippen LogP contribution >= 0.6 is 11.6 Å². The number of rotatable bonds is 6. The Morgan fingerprint density at radius 1 is 1.05 bits per heavy atom. The highest BCUT2D eigenvalue weighted by Gasteiger charge is 2.12. The molecule has 0 aliphatic carbocycles. The van der Waals surface area contributed by atoms with Crippen LogP contribution < -0.4 is 5.32 Å². The second kappa shape index (κ2) is 7.13. The van der Waals surface area contributed by atoms with Crippen molar-refractivity contribution >= 4 is 11.6 Å². The lowest BCUT2D eigenvalue weighted by Gasteiger charge is -2.14. The molecular weight excluding hydrogens is 254 g/mol. The summed E-state index contributed by atoms with van der Waals surface area (Å²) in [5, 5.41) is 3.13. The first-order valence-corrected chi connectivity index (χ1v) is 6.91. The topological polar surface area (TPSA) is 16.6 Å². The Hall–Kier alpha value is -1.57. The van der Waals surface area contributed by atoms with Gasteiger partial charge in [-0.15, -0.1) is 6.58 Å². The SMILES string of the molecule is C=CC[C@H]([NH2+]Cc1ccccc1)c1ccc(Cl)cc1. The van der Waals surface area contributed by atoms with Gasteiger partial charge in [-0.25, -0.2) is 0 Å². The molecule has 19 heavy (non-hydrogen) atoms. The summed E-state index contributed by atoms with van der Waals surface area (Å²) in [4.78, 5) is 0. The van der Waals surface area contributed by atoms with Gasteiger partial charge in [0.2, 0.25) is 0 Å². The van der Waals surface area contributed by atoms with Crippen molar-refractivity contribution in [2.45, 2.75) is 19.0 Å². The second-order valence-electron chi connectivity index (χ2n) is 4.61. The quantitative estimate of drug-likeness (QED) is 0.772. The number of hydrogen-bond donors (Lipinski definition) is 1. The smallest absolute Gasteiger partial charge is 0.115 e. The van der Waals surface area contributed by atoms with Gasteiger partial charge in [0.15, 0.2) is 0 Å². The number of hydrogen-bond acceptors (Lipinski definition) is 0. The van der Waals surface area contributed by atoms with E-state index in [1.54, 1.807) is 0 Å². The van der Waals surface area contributed by atoms with Gasteiger partial charge in [-0.3, -0.25) is 0 Å². The molecule has 0 unspecified atom stereocenters. The fourth-order valence-electron chi connectivity index (χ4n) is 2.15. The molecule has 0 amide bonds. The predicted octanol–water partition coefficient (Wildman–Crippen LogP) is 3.72. The molecule has 0 heterocycles. The highest BCUT2D eigenvalue weighted by atomic mass is 35.5. The summed E-state index contributed by atoms with van der Waals surface area (Å²) in [6.07, 6.45) is 2.93. The lowest BCUT2D eigenvalue weighted by molar-refractivity contribution is -0.710. The first-order chi connectivity index (χ1) is 9.29. The average molecular weight is 273 g/mol. The Bertz CT molecular complexity index is 505. The van der Waals surface area contributed by atoms with Crippen molar-refractivity contribution in [1.29, 1.82) is 0 Å². The molecule has 2 aromatic carbocycles. The lowest BCUT2D eigenvalue weighted by Crippen LogP contribution is -2.83. The van der Waals surface area contributed by atoms with Crippen molar-refractivity contribution < 1.29 is 5.32 Å². The summed E-state index contributed by atoms with van der Waals surface area (Å²) in [5.74, 6) is 0. The molecule has 0 spiro atoms. The maximum Gasteiger partial charge on any atom is 0.115 e. The van der Waals surface area contributed by atoms with Crippen LogP contribution in [0.3, 0.4) is 0 Å². The Balaban J connectivity index is 2.04. The molecule has 2 rings (SSSR count). The standard InChI is InChI=1S/C17H18ClN/c1-2-6-17(15-9-11-16(18)12-10-15)19-13-14-7-4-3-5-8-14/h2-5,7-12,17,19H,1,6,13H2/p+1/t17-/m0/s1. The molecule has 0 saturated carbocycles. The van der Waals surface area contributed by atoms with E-state index < -0.39 is 0 Å². The van der Waals surface area contributed by atoms with Gasteiger partial charge >= 0.3 is 0 Å². The van der Waals surface area contributed by atoms with Crippen molar-refractivity contribution in [3.8, 4) is 0 Å². The minimum Gasteiger partial charge on any atom is -0.336 e. The van der Waals surface area contributed by atoms with E-state index in [1.165, 1.54) is 11.1 Å². The number of nitrogens with two attached hydrogens (primary N) is 1. The van der Waals surface area contributed by atoms with Gasteiger partial charge in [-0.2, -0.15) is 0 Å². The summed E-state index contributed by atoms with van der Waals surface area (Å²) in [7, 11) is 0. The molecule has 2 aromatic rings. The maximum absolute atomic E-state index is 5.94. The van der Waals surface area contributed by atoms with Crippen LogP contribution in [0.4, 0.5) is 0 Å². The summed E-state index contributed by atoms with van der Waals surface area (Å²) < 4.78 is 0. The van der Waals surface area contributed by atoms with Gasteiger partial charge < -0.3 is 5.32 Å². The summed E-state index contributed by atoms with van der Waals surface area (Å²) in [5.41, 5.74) is 2.63. The molecule has 1 nitrogen and oxygen atoms in total. The van der Waals surface area contributed by atoms with E-state index >= 15 is 0 Å². The van der Waals surface area contributed by atoms with Crippen molar-refractivity contribution in [3.05, 3.63) is 83.4 Å². The normalized spacial score (nSPS) is 12.1. The van der Waals surface area contributed by atoms with E-state index in [-0.39, 0.29) is 0 Å². The molecule has 0 fully saturated rings. The Labute approximate surface area is 119 Å². The molecule has 0 radical (unpaired) electrons. The van der Waals surface area contributed by atoms with Crippen LogP contribution in [0.15, 0.2) is 67.3 Å². The predicted molar refractivity (Wildman–Crippen MR) is 81.1 cm³/mol. The molecule has 0 aromatic heterocycles. The zero-order chi connectivity index (χ0) is 13.5. The van der Waals surface area contributed by atoms with Crippen LogP contribution in [0, 0.1) is 0 Å². The number of halogens is 1. The molecule has 0 bridgehead atoms. The zero-order valence-corrected chi connectivity index (χ0v) is 11.7. The highest BCUT2D eigenvalue weighted by Crippen LogP contribution is 2.16. The summed E-state index contributed by atoms with van der Waals surface area (Å²) >= 11 is 5.94. The number of benzene rings is 2. The average Bonchev–Trinajstić information content (AvgIpc) is 2.46. The van der Waals surface area contributed by atoms with Crippen LogP contribution in [0.2, 0.25) is 5.02 Å². The van der Waals surface area contributed by atoms with Crippen molar-refractivity contribution in [2.75, 3.05) is 0 Å². The number of quaternary nitrogens is 1. The first kappa shape index (κ1) is 13.9.